The van der Waals surface area contributed by atoms with Gasteiger partial charge in [-0.3, -0.25) is 4.90 Å². The Morgan fingerprint density at radius 2 is 2.00 bits per heavy atom. The maximum absolute atomic E-state index is 10.5. The Morgan fingerprint density at radius 3 is 2.67 bits per heavy atom. The highest BCUT2D eigenvalue weighted by Crippen LogP contribution is 2.61. The molecule has 1 atom stereocenters. The predicted octanol–water partition coefficient (Wildman–Crippen LogP) is 4.33. The van der Waals surface area contributed by atoms with Crippen LogP contribution in [0.2, 0.25) is 5.02 Å². The minimum atomic E-state index is -0.0116. The van der Waals surface area contributed by atoms with Crippen molar-refractivity contribution in [2.45, 2.75) is 30.7 Å². The van der Waals surface area contributed by atoms with Crippen molar-refractivity contribution in [3.63, 3.8) is 0 Å². The summed E-state index contributed by atoms with van der Waals surface area (Å²) >= 11 is 6.61. The molecule has 2 aliphatic rings. The Balaban J connectivity index is 1.82. The lowest BCUT2D eigenvalue weighted by Crippen LogP contribution is -2.43. The van der Waals surface area contributed by atoms with Crippen LogP contribution >= 0.6 is 11.6 Å². The van der Waals surface area contributed by atoms with E-state index in [9.17, 15) is 5.11 Å². The van der Waals surface area contributed by atoms with Gasteiger partial charge in [-0.2, -0.15) is 0 Å². The molecule has 1 saturated carbocycles. The first-order chi connectivity index (χ1) is 13.1. The first kappa shape index (κ1) is 18.6. The molecule has 1 unspecified atom stereocenters. The highest BCUT2D eigenvalue weighted by molar-refractivity contribution is 6.31. The summed E-state index contributed by atoms with van der Waals surface area (Å²) in [7, 11) is 3.34. The molecule has 144 valence electrons. The molecule has 1 aliphatic carbocycles. The number of methoxy groups -OCH3 is 2. The first-order valence-electron chi connectivity index (χ1n) is 9.48. The molecule has 0 spiro atoms. The zero-order valence-electron chi connectivity index (χ0n) is 15.9. The Hall–Kier alpha value is -1.75. The molecule has 0 saturated heterocycles. The van der Waals surface area contributed by atoms with Gasteiger partial charge in [0.25, 0.3) is 0 Å². The molecule has 0 bridgehead atoms. The average molecular weight is 388 g/mol. The third kappa shape index (κ3) is 3.20. The van der Waals surface area contributed by atoms with Gasteiger partial charge in [0.2, 0.25) is 0 Å². The van der Waals surface area contributed by atoms with Crippen molar-refractivity contribution < 1.29 is 14.6 Å². The molecule has 1 aliphatic heterocycles. The molecule has 0 amide bonds. The predicted molar refractivity (Wildman–Crippen MR) is 107 cm³/mol. The van der Waals surface area contributed by atoms with Crippen molar-refractivity contribution in [3.05, 3.63) is 58.1 Å². The van der Waals surface area contributed by atoms with Gasteiger partial charge in [0.05, 0.1) is 13.7 Å². The average Bonchev–Trinajstić information content (AvgIpc) is 3.47. The fraction of sp³-hybridized carbons (Fsp3) is 0.455. The maximum atomic E-state index is 10.5. The molecular formula is C22H26ClNO3. The van der Waals surface area contributed by atoms with Gasteiger partial charge in [-0.1, -0.05) is 29.8 Å². The zero-order chi connectivity index (χ0) is 19.0. The SMILES string of the molecule is COCCN1CCc2cc(OC)c(O)cc2C1C1(c2ccccc2Cl)CC1. The third-order valence-electron chi connectivity index (χ3n) is 6.07. The summed E-state index contributed by atoms with van der Waals surface area (Å²) in [6.07, 6.45) is 3.12. The summed E-state index contributed by atoms with van der Waals surface area (Å²) in [5, 5.41) is 11.3. The van der Waals surface area contributed by atoms with Crippen molar-refractivity contribution in [2.75, 3.05) is 33.9 Å². The maximum Gasteiger partial charge on any atom is 0.160 e. The van der Waals surface area contributed by atoms with Gasteiger partial charge in [0.15, 0.2) is 11.5 Å². The lowest BCUT2D eigenvalue weighted by molar-refractivity contribution is 0.0959. The van der Waals surface area contributed by atoms with Gasteiger partial charge in [0, 0.05) is 36.7 Å². The van der Waals surface area contributed by atoms with Crippen LogP contribution in [0.15, 0.2) is 36.4 Å². The largest absolute Gasteiger partial charge is 0.504 e. The Morgan fingerprint density at radius 1 is 1.22 bits per heavy atom. The van der Waals surface area contributed by atoms with Crippen LogP contribution in [0.3, 0.4) is 0 Å². The van der Waals surface area contributed by atoms with Crippen molar-refractivity contribution in [2.24, 2.45) is 0 Å². The van der Waals surface area contributed by atoms with E-state index in [1.54, 1.807) is 14.2 Å². The van der Waals surface area contributed by atoms with Crippen LogP contribution in [0.5, 0.6) is 11.5 Å². The number of fused-ring (bicyclic) bond motifs is 1. The lowest BCUT2D eigenvalue weighted by atomic mass is 9.78. The standard InChI is InChI=1S/C22H26ClNO3/c1-26-12-11-24-10-7-15-13-20(27-2)19(25)14-16(15)21(24)22(8-9-22)17-5-3-4-6-18(17)23/h3-6,13-14,21,25H,7-12H2,1-2H3. The van der Waals surface area contributed by atoms with Crippen LogP contribution in [0.1, 0.15) is 35.6 Å². The molecule has 2 aromatic carbocycles. The van der Waals surface area contributed by atoms with E-state index in [1.807, 2.05) is 24.3 Å². The number of rotatable bonds is 6. The number of ether oxygens (including phenoxy) is 2. The summed E-state index contributed by atoms with van der Waals surface area (Å²) in [5.74, 6) is 0.741. The van der Waals surface area contributed by atoms with E-state index in [0.29, 0.717) is 12.4 Å². The molecule has 5 heteroatoms. The summed E-state index contributed by atoms with van der Waals surface area (Å²) < 4.78 is 10.7. The second-order valence-electron chi connectivity index (χ2n) is 7.54. The molecule has 0 aromatic heterocycles. The number of phenolic OH excluding ortho intramolecular Hbond substituents is 1. The Bertz CT molecular complexity index is 834. The van der Waals surface area contributed by atoms with Gasteiger partial charge >= 0.3 is 0 Å². The molecule has 4 rings (SSSR count). The molecule has 2 aromatic rings. The summed E-state index contributed by atoms with van der Waals surface area (Å²) in [6.45, 7) is 2.51. The van der Waals surface area contributed by atoms with E-state index in [4.69, 9.17) is 21.1 Å². The Labute approximate surface area is 165 Å². The quantitative estimate of drug-likeness (QED) is 0.801. The highest BCUT2D eigenvalue weighted by Gasteiger charge is 2.55. The molecule has 27 heavy (non-hydrogen) atoms. The topological polar surface area (TPSA) is 41.9 Å². The van der Waals surface area contributed by atoms with Crippen molar-refractivity contribution in [1.29, 1.82) is 0 Å². The molecule has 1 N–H and O–H groups in total. The number of hydrogen-bond donors (Lipinski definition) is 1. The molecular weight excluding hydrogens is 362 g/mol. The number of halogens is 1. The first-order valence-corrected chi connectivity index (χ1v) is 9.86. The van der Waals surface area contributed by atoms with Crippen LogP contribution in [0, 0.1) is 0 Å². The highest BCUT2D eigenvalue weighted by atomic mass is 35.5. The van der Waals surface area contributed by atoms with Gasteiger partial charge in [0.1, 0.15) is 0 Å². The normalized spacial score (nSPS) is 20.9. The number of nitrogens with zero attached hydrogens (tertiary/aromatic N) is 1. The lowest BCUT2D eigenvalue weighted by Gasteiger charge is -2.43. The van der Waals surface area contributed by atoms with Crippen LogP contribution in [-0.4, -0.2) is 43.9 Å². The summed E-state index contributed by atoms with van der Waals surface area (Å²) in [4.78, 5) is 2.49. The fourth-order valence-electron chi connectivity index (χ4n) is 4.64. The Kier molecular flexibility index (Phi) is 5.06. The minimum absolute atomic E-state index is 0.0116. The second kappa shape index (κ2) is 7.34. The van der Waals surface area contributed by atoms with E-state index in [-0.39, 0.29) is 17.2 Å². The van der Waals surface area contributed by atoms with Crippen LogP contribution < -0.4 is 4.74 Å². The zero-order valence-corrected chi connectivity index (χ0v) is 16.6. The molecule has 1 fully saturated rings. The van der Waals surface area contributed by atoms with E-state index in [0.717, 1.165) is 37.4 Å². The molecule has 4 nitrogen and oxygen atoms in total. The third-order valence-corrected chi connectivity index (χ3v) is 6.40. The van der Waals surface area contributed by atoms with Crippen molar-refractivity contribution >= 4 is 11.6 Å². The van der Waals surface area contributed by atoms with Crippen LogP contribution in [0.4, 0.5) is 0 Å². The molecule has 1 heterocycles. The fourth-order valence-corrected chi connectivity index (χ4v) is 4.96. The monoisotopic (exact) mass is 387 g/mol. The van der Waals surface area contributed by atoms with Crippen molar-refractivity contribution in [3.8, 4) is 11.5 Å². The van der Waals surface area contributed by atoms with Gasteiger partial charge in [-0.15, -0.1) is 0 Å². The van der Waals surface area contributed by atoms with Gasteiger partial charge in [-0.25, -0.2) is 0 Å². The van der Waals surface area contributed by atoms with Crippen LogP contribution in [-0.2, 0) is 16.6 Å². The van der Waals surface area contributed by atoms with E-state index in [2.05, 4.69) is 17.0 Å². The van der Waals surface area contributed by atoms with Crippen LogP contribution in [0.25, 0.3) is 0 Å². The second-order valence-corrected chi connectivity index (χ2v) is 7.95. The number of aromatic hydroxyl groups is 1. The summed E-state index contributed by atoms with van der Waals surface area (Å²) in [6, 6.07) is 12.2. The molecule has 0 radical (unpaired) electrons. The van der Waals surface area contributed by atoms with E-state index >= 15 is 0 Å². The summed E-state index contributed by atoms with van der Waals surface area (Å²) in [5.41, 5.74) is 3.64. The number of benzene rings is 2. The number of hydrogen-bond acceptors (Lipinski definition) is 4. The smallest absolute Gasteiger partial charge is 0.160 e. The number of phenols is 1. The minimum Gasteiger partial charge on any atom is -0.504 e. The van der Waals surface area contributed by atoms with Gasteiger partial charge in [-0.05, 0) is 54.2 Å². The van der Waals surface area contributed by atoms with Gasteiger partial charge < -0.3 is 14.6 Å². The van der Waals surface area contributed by atoms with E-state index in [1.165, 1.54) is 16.7 Å². The van der Waals surface area contributed by atoms with E-state index < -0.39 is 0 Å². The van der Waals surface area contributed by atoms with Crippen molar-refractivity contribution in [1.82, 2.24) is 4.90 Å².